The van der Waals surface area contributed by atoms with Gasteiger partial charge in [0.05, 0.1) is 0 Å². The summed E-state index contributed by atoms with van der Waals surface area (Å²) in [6, 6.07) is 30.7. The van der Waals surface area contributed by atoms with Gasteiger partial charge in [0.2, 0.25) is 0 Å². The molecule has 0 heterocycles. The molecule has 0 radical (unpaired) electrons. The molecule has 0 saturated heterocycles. The highest BCUT2D eigenvalue weighted by Crippen LogP contribution is 2.39. The van der Waals surface area contributed by atoms with E-state index in [2.05, 4.69) is 60.7 Å². The van der Waals surface area contributed by atoms with Crippen LogP contribution in [0.3, 0.4) is 0 Å². The van der Waals surface area contributed by atoms with Crippen LogP contribution >= 0.6 is 0 Å². The van der Waals surface area contributed by atoms with E-state index >= 15 is 0 Å². The normalized spacial score (nSPS) is 13.7. The zero-order chi connectivity index (χ0) is 18.6. The minimum absolute atomic E-state index is 0.173. The van der Waals surface area contributed by atoms with Gasteiger partial charge in [-0.15, -0.1) is 0 Å². The van der Waals surface area contributed by atoms with Crippen LogP contribution in [0.4, 0.5) is 0 Å². The number of nitrogens with zero attached hydrogens (tertiary/aromatic N) is 2. The van der Waals surface area contributed by atoms with Crippen molar-refractivity contribution in [1.29, 1.82) is 10.5 Å². The Morgan fingerprint density at radius 2 is 1.37 bits per heavy atom. The number of fused-ring (bicyclic) bond motifs is 1. The van der Waals surface area contributed by atoms with Gasteiger partial charge in [-0.3, -0.25) is 0 Å². The van der Waals surface area contributed by atoms with Crippen LogP contribution in [0.2, 0.25) is 0 Å². The van der Waals surface area contributed by atoms with Gasteiger partial charge in [-0.2, -0.15) is 10.5 Å². The molecule has 0 N–H and O–H groups in total. The van der Waals surface area contributed by atoms with Crippen molar-refractivity contribution in [2.45, 2.75) is 6.42 Å². The van der Waals surface area contributed by atoms with Gasteiger partial charge in [-0.05, 0) is 39.8 Å². The molecule has 4 rings (SSSR count). The second-order valence-electron chi connectivity index (χ2n) is 6.47. The summed E-state index contributed by atoms with van der Waals surface area (Å²) in [5, 5.41) is 18.8. The Hall–Kier alpha value is -3.88. The summed E-state index contributed by atoms with van der Waals surface area (Å²) < 4.78 is 0. The summed E-state index contributed by atoms with van der Waals surface area (Å²) in [5.41, 5.74) is 7.51. The third kappa shape index (κ3) is 3.17. The number of rotatable bonds is 2. The minimum atomic E-state index is 0.173. The second kappa shape index (κ2) is 7.16. The number of hydrogen-bond donors (Lipinski definition) is 0. The summed E-state index contributed by atoms with van der Waals surface area (Å²) in [6.45, 7) is 0. The predicted octanol–water partition coefficient (Wildman–Crippen LogP) is 5.79. The van der Waals surface area contributed by atoms with Crippen molar-refractivity contribution in [3.8, 4) is 23.3 Å². The van der Waals surface area contributed by atoms with E-state index in [4.69, 9.17) is 0 Å². The molecule has 0 spiro atoms. The topological polar surface area (TPSA) is 47.6 Å². The first-order valence-corrected chi connectivity index (χ1v) is 8.79. The molecular formula is C25H16N2. The van der Waals surface area contributed by atoms with Crippen LogP contribution in [0, 0.1) is 22.7 Å². The Bertz CT molecular complexity index is 1120. The summed E-state index contributed by atoms with van der Waals surface area (Å²) in [5.74, 6) is 0. The van der Waals surface area contributed by atoms with E-state index in [1.165, 1.54) is 5.56 Å². The minimum Gasteiger partial charge on any atom is -0.192 e. The molecule has 2 heteroatoms. The number of benzene rings is 3. The van der Waals surface area contributed by atoms with E-state index in [9.17, 15) is 10.5 Å². The third-order valence-electron chi connectivity index (χ3n) is 4.82. The van der Waals surface area contributed by atoms with Crippen LogP contribution in [0.25, 0.3) is 22.8 Å². The summed E-state index contributed by atoms with van der Waals surface area (Å²) in [7, 11) is 0. The molecule has 1 aliphatic carbocycles. The number of nitriles is 2. The summed E-state index contributed by atoms with van der Waals surface area (Å²) >= 11 is 0. The quantitative estimate of drug-likeness (QED) is 0.552. The fourth-order valence-corrected chi connectivity index (χ4v) is 3.54. The zero-order valence-electron chi connectivity index (χ0n) is 14.7. The van der Waals surface area contributed by atoms with Crippen molar-refractivity contribution in [3.63, 3.8) is 0 Å². The fraction of sp³-hybridized carbons (Fsp3) is 0.0400. The molecule has 0 amide bonds. The molecule has 27 heavy (non-hydrogen) atoms. The Kier molecular flexibility index (Phi) is 4.40. The molecule has 0 aromatic heterocycles. The average molecular weight is 344 g/mol. The van der Waals surface area contributed by atoms with Crippen LogP contribution in [-0.2, 0) is 6.42 Å². The largest absolute Gasteiger partial charge is 0.192 e. The standard InChI is InChI=1S/C25H16N2/c26-16-23(17-27)25-22(15-21-8-4-5-9-24(21)25)14-18-10-12-20(13-11-18)19-6-2-1-3-7-19/h1-14H,15H2/b22-14+. The highest BCUT2D eigenvalue weighted by atomic mass is 14.3. The maximum Gasteiger partial charge on any atom is 0.137 e. The summed E-state index contributed by atoms with van der Waals surface area (Å²) in [6.07, 6.45) is 2.82. The molecular weight excluding hydrogens is 328 g/mol. The summed E-state index contributed by atoms with van der Waals surface area (Å²) in [4.78, 5) is 0. The molecule has 3 aromatic rings. The molecule has 126 valence electrons. The highest BCUT2D eigenvalue weighted by molar-refractivity contribution is 5.95. The van der Waals surface area contributed by atoms with Crippen molar-refractivity contribution in [1.82, 2.24) is 0 Å². The molecule has 0 atom stereocenters. The van der Waals surface area contributed by atoms with Crippen molar-refractivity contribution in [2.75, 3.05) is 0 Å². The SMILES string of the molecule is N#CC(C#N)=C1/C(=C/c2ccc(-c3ccccc3)cc2)Cc2ccccc21. The van der Waals surface area contributed by atoms with Gasteiger partial charge in [0.1, 0.15) is 17.7 Å². The lowest BCUT2D eigenvalue weighted by Gasteiger charge is -2.05. The molecule has 0 aliphatic heterocycles. The first-order chi connectivity index (χ1) is 13.3. The molecule has 0 fully saturated rings. The van der Waals surface area contributed by atoms with E-state index < -0.39 is 0 Å². The third-order valence-corrected chi connectivity index (χ3v) is 4.82. The molecule has 0 bridgehead atoms. The first kappa shape index (κ1) is 16.6. The van der Waals surface area contributed by atoms with E-state index in [1.54, 1.807) is 0 Å². The zero-order valence-corrected chi connectivity index (χ0v) is 14.7. The molecule has 1 aliphatic rings. The maximum atomic E-state index is 9.40. The van der Waals surface area contributed by atoms with Gasteiger partial charge in [0, 0.05) is 5.57 Å². The van der Waals surface area contributed by atoms with Gasteiger partial charge in [0.15, 0.2) is 0 Å². The van der Waals surface area contributed by atoms with Crippen LogP contribution in [0.15, 0.2) is 90.0 Å². The molecule has 0 unspecified atom stereocenters. The Morgan fingerprint density at radius 3 is 2.07 bits per heavy atom. The van der Waals surface area contributed by atoms with E-state index in [0.29, 0.717) is 0 Å². The fourth-order valence-electron chi connectivity index (χ4n) is 3.54. The highest BCUT2D eigenvalue weighted by Gasteiger charge is 2.24. The maximum absolute atomic E-state index is 9.40. The van der Waals surface area contributed by atoms with Crippen molar-refractivity contribution >= 4 is 11.6 Å². The molecule has 0 saturated carbocycles. The van der Waals surface area contributed by atoms with Gasteiger partial charge >= 0.3 is 0 Å². The Labute approximate surface area is 159 Å². The second-order valence-corrected chi connectivity index (χ2v) is 6.47. The van der Waals surface area contributed by atoms with E-state index in [-0.39, 0.29) is 5.57 Å². The first-order valence-electron chi connectivity index (χ1n) is 8.79. The van der Waals surface area contributed by atoms with Gasteiger partial charge in [-0.25, -0.2) is 0 Å². The van der Waals surface area contributed by atoms with Gasteiger partial charge in [0.25, 0.3) is 0 Å². The van der Waals surface area contributed by atoms with E-state index in [1.807, 2.05) is 36.4 Å². The molecule has 3 aromatic carbocycles. The monoisotopic (exact) mass is 344 g/mol. The lowest BCUT2D eigenvalue weighted by molar-refractivity contribution is 1.28. The van der Waals surface area contributed by atoms with Crippen molar-refractivity contribution in [2.24, 2.45) is 0 Å². The van der Waals surface area contributed by atoms with Crippen LogP contribution < -0.4 is 0 Å². The van der Waals surface area contributed by atoms with E-state index in [0.717, 1.165) is 39.8 Å². The van der Waals surface area contributed by atoms with Crippen LogP contribution in [-0.4, -0.2) is 0 Å². The number of allylic oxidation sites excluding steroid dienone is 3. The van der Waals surface area contributed by atoms with Gasteiger partial charge < -0.3 is 0 Å². The predicted molar refractivity (Wildman–Crippen MR) is 108 cm³/mol. The van der Waals surface area contributed by atoms with Crippen molar-refractivity contribution < 1.29 is 0 Å². The smallest absolute Gasteiger partial charge is 0.137 e. The number of hydrogen-bond acceptors (Lipinski definition) is 2. The lowest BCUT2D eigenvalue weighted by Crippen LogP contribution is -1.88. The van der Waals surface area contributed by atoms with Crippen molar-refractivity contribution in [3.05, 3.63) is 107 Å². The Morgan fingerprint density at radius 1 is 0.741 bits per heavy atom. The molecule has 2 nitrogen and oxygen atoms in total. The van der Waals surface area contributed by atoms with Gasteiger partial charge in [-0.1, -0.05) is 84.9 Å². The Balaban J connectivity index is 1.75. The lowest BCUT2D eigenvalue weighted by atomic mass is 9.97. The van der Waals surface area contributed by atoms with Crippen LogP contribution in [0.1, 0.15) is 16.7 Å². The van der Waals surface area contributed by atoms with Crippen LogP contribution in [0.5, 0.6) is 0 Å². The average Bonchev–Trinajstić information content (AvgIpc) is 3.08.